The molecule has 0 aliphatic heterocycles. The Labute approximate surface area is 138 Å². The third-order valence-corrected chi connectivity index (χ3v) is 3.29. The predicted molar refractivity (Wildman–Crippen MR) is 89.4 cm³/mol. The fourth-order valence-electron chi connectivity index (χ4n) is 2.19. The van der Waals surface area contributed by atoms with Crippen LogP contribution in [0.25, 0.3) is 0 Å². The zero-order chi connectivity index (χ0) is 17.7. The second-order valence-corrected chi connectivity index (χ2v) is 4.93. The van der Waals surface area contributed by atoms with E-state index in [0.717, 1.165) is 0 Å². The normalized spacial score (nSPS) is 11.4. The molecule has 0 bridgehead atoms. The van der Waals surface area contributed by atoms with E-state index in [1.165, 1.54) is 25.1 Å². The summed E-state index contributed by atoms with van der Waals surface area (Å²) in [4.78, 5) is 29.1. The number of nitrogens with one attached hydrogen (secondary N) is 1. The van der Waals surface area contributed by atoms with Crippen molar-refractivity contribution in [2.24, 2.45) is 0 Å². The van der Waals surface area contributed by atoms with E-state index in [1.54, 1.807) is 36.4 Å². The zero-order valence-electron chi connectivity index (χ0n) is 13.3. The predicted octanol–water partition coefficient (Wildman–Crippen LogP) is 1.99. The monoisotopic (exact) mass is 330 g/mol. The van der Waals surface area contributed by atoms with Crippen LogP contribution in [-0.4, -0.2) is 35.2 Å². The summed E-state index contributed by atoms with van der Waals surface area (Å²) in [5, 5.41) is 11.0. The number of nitrogen functional groups attached to an aromatic ring is 1. The van der Waals surface area contributed by atoms with Gasteiger partial charge in [0, 0.05) is 6.20 Å². The molecule has 126 valence electrons. The molecule has 24 heavy (non-hydrogen) atoms. The number of rotatable bonds is 5. The van der Waals surface area contributed by atoms with Crippen molar-refractivity contribution in [2.75, 3.05) is 17.7 Å². The third kappa shape index (κ3) is 3.54. The van der Waals surface area contributed by atoms with Crippen LogP contribution in [0.2, 0.25) is 0 Å². The van der Waals surface area contributed by atoms with E-state index in [2.05, 4.69) is 10.3 Å². The molecule has 1 unspecified atom stereocenters. The molecule has 1 aromatic carbocycles. The topological polar surface area (TPSA) is 118 Å². The van der Waals surface area contributed by atoms with Gasteiger partial charge in [-0.05, 0) is 31.2 Å². The summed E-state index contributed by atoms with van der Waals surface area (Å²) in [5.74, 6) is 0.0942. The van der Waals surface area contributed by atoms with Crippen molar-refractivity contribution >= 4 is 29.2 Å². The van der Waals surface area contributed by atoms with Gasteiger partial charge in [-0.15, -0.1) is 0 Å². The largest absolute Gasteiger partial charge is 0.495 e. The van der Waals surface area contributed by atoms with Gasteiger partial charge in [-0.2, -0.15) is 0 Å². The van der Waals surface area contributed by atoms with Gasteiger partial charge in [-0.25, -0.2) is 9.78 Å². The summed E-state index contributed by atoms with van der Waals surface area (Å²) in [6, 6.07) is 9.07. The van der Waals surface area contributed by atoms with Gasteiger partial charge < -0.3 is 20.9 Å². The second-order valence-electron chi connectivity index (χ2n) is 4.93. The molecular formula is C16H18N4O4. The fourth-order valence-corrected chi connectivity index (χ4v) is 2.19. The Morgan fingerprint density at radius 2 is 2.00 bits per heavy atom. The van der Waals surface area contributed by atoms with E-state index in [4.69, 9.17) is 15.6 Å². The Bertz CT molecular complexity index is 750. The van der Waals surface area contributed by atoms with Crippen LogP contribution in [-0.2, 0) is 4.79 Å². The smallest absolute Gasteiger partial charge is 0.405 e. The van der Waals surface area contributed by atoms with Crippen LogP contribution in [0.5, 0.6) is 5.75 Å². The molecule has 0 radical (unpaired) electrons. The molecule has 1 aromatic heterocycles. The number of methoxy groups -OCH3 is 1. The van der Waals surface area contributed by atoms with Crippen LogP contribution in [0.15, 0.2) is 42.6 Å². The zero-order valence-corrected chi connectivity index (χ0v) is 13.3. The van der Waals surface area contributed by atoms with E-state index >= 15 is 0 Å². The molecule has 2 rings (SSSR count). The summed E-state index contributed by atoms with van der Waals surface area (Å²) < 4.78 is 5.30. The number of carboxylic acid groups (broad SMARTS) is 1. The highest BCUT2D eigenvalue weighted by atomic mass is 16.5. The van der Waals surface area contributed by atoms with E-state index < -0.39 is 18.0 Å². The minimum absolute atomic E-state index is 0.200. The maximum Gasteiger partial charge on any atom is 0.405 e. The number of hydrogen-bond acceptors (Lipinski definition) is 5. The van der Waals surface area contributed by atoms with Crippen molar-refractivity contribution in [1.82, 2.24) is 10.3 Å². The van der Waals surface area contributed by atoms with Gasteiger partial charge in [0.1, 0.15) is 11.8 Å². The summed E-state index contributed by atoms with van der Waals surface area (Å²) in [5.41, 5.74) is 6.64. The van der Waals surface area contributed by atoms with Gasteiger partial charge in [0.2, 0.25) is 0 Å². The number of para-hydroxylation sites is 2. The van der Waals surface area contributed by atoms with Crippen molar-refractivity contribution in [1.29, 1.82) is 0 Å². The van der Waals surface area contributed by atoms with Crippen molar-refractivity contribution in [3.63, 3.8) is 0 Å². The maximum absolute atomic E-state index is 12.8. The quantitative estimate of drug-likeness (QED) is 0.771. The third-order valence-electron chi connectivity index (χ3n) is 3.29. The van der Waals surface area contributed by atoms with Gasteiger partial charge in [0.15, 0.2) is 5.82 Å². The average Bonchev–Trinajstić information content (AvgIpc) is 2.56. The van der Waals surface area contributed by atoms with Crippen LogP contribution < -0.4 is 20.7 Å². The molecule has 2 aromatic rings. The Kier molecular flexibility index (Phi) is 5.20. The summed E-state index contributed by atoms with van der Waals surface area (Å²) in [7, 11) is 1.47. The molecule has 1 atom stereocenters. The molecule has 0 aliphatic carbocycles. The van der Waals surface area contributed by atoms with Crippen molar-refractivity contribution in [3.8, 4) is 5.75 Å². The van der Waals surface area contributed by atoms with Crippen LogP contribution >= 0.6 is 0 Å². The van der Waals surface area contributed by atoms with Gasteiger partial charge in [0.25, 0.3) is 5.91 Å². The molecule has 1 heterocycles. The SMILES string of the molecule is COc1ccccc1N(C(=O)C(C)NC(=O)O)c1ncccc1N. The maximum atomic E-state index is 12.8. The van der Waals surface area contributed by atoms with Crippen LogP contribution in [0.1, 0.15) is 6.92 Å². The number of hydrogen-bond donors (Lipinski definition) is 3. The number of carbonyl (C=O) groups excluding carboxylic acids is 1. The molecule has 0 aliphatic rings. The molecule has 0 saturated carbocycles. The summed E-state index contributed by atoms with van der Waals surface area (Å²) in [6.45, 7) is 1.44. The van der Waals surface area contributed by atoms with E-state index in [-0.39, 0.29) is 11.5 Å². The second kappa shape index (κ2) is 7.32. The number of ether oxygens (including phenoxy) is 1. The molecule has 0 fully saturated rings. The lowest BCUT2D eigenvalue weighted by Gasteiger charge is -2.27. The highest BCUT2D eigenvalue weighted by Gasteiger charge is 2.29. The van der Waals surface area contributed by atoms with Gasteiger partial charge in [0.05, 0.1) is 18.5 Å². The highest BCUT2D eigenvalue weighted by Crippen LogP contribution is 2.35. The Hall–Kier alpha value is -3.29. The first-order valence-corrected chi connectivity index (χ1v) is 7.12. The molecular weight excluding hydrogens is 312 g/mol. The lowest BCUT2D eigenvalue weighted by Crippen LogP contribution is -2.45. The number of benzene rings is 1. The standard InChI is InChI=1S/C16H18N4O4/c1-10(19-16(22)23)15(21)20(14-11(17)6-5-9-18-14)12-7-3-4-8-13(12)24-2/h3-10,19H,17H2,1-2H3,(H,22,23). The van der Waals surface area contributed by atoms with E-state index in [0.29, 0.717) is 11.4 Å². The van der Waals surface area contributed by atoms with Crippen molar-refractivity contribution in [2.45, 2.75) is 13.0 Å². The molecule has 4 N–H and O–H groups in total. The van der Waals surface area contributed by atoms with Gasteiger partial charge >= 0.3 is 6.09 Å². The Morgan fingerprint density at radius 1 is 1.29 bits per heavy atom. The fraction of sp³-hybridized carbons (Fsp3) is 0.188. The van der Waals surface area contributed by atoms with Gasteiger partial charge in [-0.3, -0.25) is 9.69 Å². The van der Waals surface area contributed by atoms with E-state index in [1.807, 2.05) is 0 Å². The first-order valence-electron chi connectivity index (χ1n) is 7.12. The minimum atomic E-state index is -1.30. The van der Waals surface area contributed by atoms with Crippen molar-refractivity contribution in [3.05, 3.63) is 42.6 Å². The Balaban J connectivity index is 2.56. The van der Waals surface area contributed by atoms with Crippen molar-refractivity contribution < 1.29 is 19.4 Å². The summed E-state index contributed by atoms with van der Waals surface area (Å²) >= 11 is 0. The molecule has 8 nitrogen and oxygen atoms in total. The summed E-state index contributed by atoms with van der Waals surface area (Å²) in [6.07, 6.45) is 0.196. The van der Waals surface area contributed by atoms with Crippen LogP contribution in [0, 0.1) is 0 Å². The number of amides is 2. The van der Waals surface area contributed by atoms with E-state index in [9.17, 15) is 9.59 Å². The van der Waals surface area contributed by atoms with Gasteiger partial charge in [-0.1, -0.05) is 12.1 Å². The molecule has 8 heteroatoms. The molecule has 0 spiro atoms. The molecule has 0 saturated heterocycles. The number of nitrogens with zero attached hydrogens (tertiary/aromatic N) is 2. The number of anilines is 3. The van der Waals surface area contributed by atoms with Crippen LogP contribution in [0.3, 0.4) is 0 Å². The first-order chi connectivity index (χ1) is 11.5. The average molecular weight is 330 g/mol. The first kappa shape index (κ1) is 17.1. The lowest BCUT2D eigenvalue weighted by molar-refractivity contribution is -0.119. The lowest BCUT2D eigenvalue weighted by atomic mass is 10.2. The molecule has 2 amide bonds. The highest BCUT2D eigenvalue weighted by molar-refractivity contribution is 6.06. The number of pyridine rings is 1. The van der Waals surface area contributed by atoms with Crippen LogP contribution in [0.4, 0.5) is 22.0 Å². The minimum Gasteiger partial charge on any atom is -0.495 e. The number of nitrogens with two attached hydrogens (primary N) is 1. The Morgan fingerprint density at radius 3 is 2.62 bits per heavy atom. The number of aromatic nitrogens is 1. The number of carbonyl (C=O) groups is 2.